The number of amides is 1. The SMILES string of the molecule is O=C(NCc1ccccc1)C1CC=CC=N1. The zero-order valence-corrected chi connectivity index (χ0v) is 8.97. The lowest BCUT2D eigenvalue weighted by atomic mass is 10.1. The number of nitrogens with zero attached hydrogens (tertiary/aromatic N) is 1. The van der Waals surface area contributed by atoms with Gasteiger partial charge in [-0.25, -0.2) is 0 Å². The van der Waals surface area contributed by atoms with Crippen LogP contribution in [0.5, 0.6) is 0 Å². The molecule has 2 rings (SSSR count). The van der Waals surface area contributed by atoms with E-state index in [9.17, 15) is 4.79 Å². The van der Waals surface area contributed by atoms with Crippen molar-refractivity contribution in [3.63, 3.8) is 0 Å². The van der Waals surface area contributed by atoms with Gasteiger partial charge in [-0.05, 0) is 18.1 Å². The Morgan fingerprint density at radius 2 is 2.19 bits per heavy atom. The van der Waals surface area contributed by atoms with E-state index in [0.717, 1.165) is 5.56 Å². The van der Waals surface area contributed by atoms with Gasteiger partial charge < -0.3 is 5.32 Å². The Bertz CT molecular complexity index is 409. The highest BCUT2D eigenvalue weighted by atomic mass is 16.2. The lowest BCUT2D eigenvalue weighted by Crippen LogP contribution is -2.33. The molecule has 1 atom stereocenters. The summed E-state index contributed by atoms with van der Waals surface area (Å²) in [5, 5.41) is 2.88. The molecule has 1 heterocycles. The Morgan fingerprint density at radius 1 is 1.38 bits per heavy atom. The van der Waals surface area contributed by atoms with Crippen molar-refractivity contribution in [3.05, 3.63) is 48.0 Å². The summed E-state index contributed by atoms with van der Waals surface area (Å²) in [4.78, 5) is 15.8. The van der Waals surface area contributed by atoms with Gasteiger partial charge in [-0.15, -0.1) is 0 Å². The molecule has 0 spiro atoms. The predicted octanol–water partition coefficient (Wildman–Crippen LogP) is 1.70. The van der Waals surface area contributed by atoms with E-state index in [4.69, 9.17) is 0 Å². The van der Waals surface area contributed by atoms with E-state index >= 15 is 0 Å². The lowest BCUT2D eigenvalue weighted by Gasteiger charge is -2.12. The van der Waals surface area contributed by atoms with E-state index in [1.54, 1.807) is 6.21 Å². The summed E-state index contributed by atoms with van der Waals surface area (Å²) in [5.74, 6) is -0.00977. The van der Waals surface area contributed by atoms with Crippen molar-refractivity contribution in [2.24, 2.45) is 4.99 Å². The topological polar surface area (TPSA) is 41.5 Å². The standard InChI is InChI=1S/C13H14N2O/c16-13(12-8-4-5-9-14-12)15-10-11-6-2-1-3-7-11/h1-7,9,12H,8,10H2,(H,15,16). The second-order valence-corrected chi connectivity index (χ2v) is 3.68. The molecule has 1 aromatic rings. The number of nitrogens with one attached hydrogen (secondary N) is 1. The predicted molar refractivity (Wildman–Crippen MR) is 64.3 cm³/mol. The van der Waals surface area contributed by atoms with Gasteiger partial charge in [-0.2, -0.15) is 0 Å². The molecule has 1 unspecified atom stereocenters. The Morgan fingerprint density at radius 3 is 2.88 bits per heavy atom. The number of allylic oxidation sites excluding steroid dienone is 1. The van der Waals surface area contributed by atoms with Crippen LogP contribution in [0, 0.1) is 0 Å². The molecule has 0 saturated carbocycles. The van der Waals surface area contributed by atoms with Crippen LogP contribution in [-0.2, 0) is 11.3 Å². The van der Waals surface area contributed by atoms with Gasteiger partial charge in [0.1, 0.15) is 6.04 Å². The second kappa shape index (κ2) is 5.26. The van der Waals surface area contributed by atoms with Crippen molar-refractivity contribution in [2.75, 3.05) is 0 Å². The molecule has 1 amide bonds. The molecule has 1 aliphatic heterocycles. The van der Waals surface area contributed by atoms with Gasteiger partial charge in [-0.3, -0.25) is 9.79 Å². The molecule has 1 aliphatic rings. The van der Waals surface area contributed by atoms with Crippen LogP contribution in [0.25, 0.3) is 0 Å². The molecule has 82 valence electrons. The molecule has 0 bridgehead atoms. The van der Waals surface area contributed by atoms with Crippen LogP contribution in [0.4, 0.5) is 0 Å². The van der Waals surface area contributed by atoms with Gasteiger partial charge >= 0.3 is 0 Å². The maximum Gasteiger partial charge on any atom is 0.245 e. The largest absolute Gasteiger partial charge is 0.350 e. The molecule has 0 fully saturated rings. The number of aliphatic imine (C=N–C) groups is 1. The van der Waals surface area contributed by atoms with Crippen molar-refractivity contribution in [2.45, 2.75) is 19.0 Å². The Balaban J connectivity index is 1.84. The van der Waals surface area contributed by atoms with Crippen LogP contribution in [0.15, 0.2) is 47.5 Å². The monoisotopic (exact) mass is 214 g/mol. The summed E-state index contributed by atoms with van der Waals surface area (Å²) in [6, 6.07) is 9.61. The molecule has 1 aromatic carbocycles. The number of rotatable bonds is 3. The maximum atomic E-state index is 11.7. The van der Waals surface area contributed by atoms with Gasteiger partial charge in [0.25, 0.3) is 0 Å². The van der Waals surface area contributed by atoms with Crippen LogP contribution < -0.4 is 5.32 Å². The number of dihydropyridines is 1. The van der Waals surface area contributed by atoms with Crippen LogP contribution >= 0.6 is 0 Å². The summed E-state index contributed by atoms with van der Waals surface area (Å²) < 4.78 is 0. The number of carbonyl (C=O) groups is 1. The number of carbonyl (C=O) groups excluding carboxylic acids is 1. The summed E-state index contributed by atoms with van der Waals surface area (Å²) >= 11 is 0. The third-order valence-electron chi connectivity index (χ3n) is 2.46. The van der Waals surface area contributed by atoms with E-state index in [2.05, 4.69) is 10.3 Å². The molecule has 0 saturated heterocycles. The Hall–Kier alpha value is -1.90. The number of hydrogen-bond acceptors (Lipinski definition) is 2. The first-order valence-corrected chi connectivity index (χ1v) is 5.36. The van der Waals surface area contributed by atoms with E-state index in [1.807, 2.05) is 42.5 Å². The second-order valence-electron chi connectivity index (χ2n) is 3.68. The first-order chi connectivity index (χ1) is 7.86. The first kappa shape index (κ1) is 10.6. The zero-order valence-electron chi connectivity index (χ0n) is 8.97. The molecule has 0 radical (unpaired) electrons. The lowest BCUT2D eigenvalue weighted by molar-refractivity contribution is -0.122. The highest BCUT2D eigenvalue weighted by Crippen LogP contribution is 2.04. The van der Waals surface area contributed by atoms with Crippen molar-refractivity contribution in [1.82, 2.24) is 5.32 Å². The molecule has 3 heteroatoms. The maximum absolute atomic E-state index is 11.7. The van der Waals surface area contributed by atoms with Crippen molar-refractivity contribution in [3.8, 4) is 0 Å². The quantitative estimate of drug-likeness (QED) is 0.817. The van der Waals surface area contributed by atoms with Crippen molar-refractivity contribution < 1.29 is 4.79 Å². The van der Waals surface area contributed by atoms with Gasteiger partial charge in [0, 0.05) is 12.8 Å². The fraction of sp³-hybridized carbons (Fsp3) is 0.231. The summed E-state index contributed by atoms with van der Waals surface area (Å²) in [6.07, 6.45) is 6.19. The minimum atomic E-state index is -0.256. The average molecular weight is 214 g/mol. The molecule has 1 N–H and O–H groups in total. The first-order valence-electron chi connectivity index (χ1n) is 5.36. The molecule has 3 nitrogen and oxygen atoms in total. The molecule has 16 heavy (non-hydrogen) atoms. The summed E-state index contributed by atoms with van der Waals surface area (Å²) in [6.45, 7) is 0.565. The molecule has 0 aromatic heterocycles. The normalized spacial score (nSPS) is 18.4. The number of benzene rings is 1. The van der Waals surface area contributed by atoms with Crippen molar-refractivity contribution in [1.29, 1.82) is 0 Å². The van der Waals surface area contributed by atoms with E-state index in [1.165, 1.54) is 0 Å². The third kappa shape index (κ3) is 2.79. The van der Waals surface area contributed by atoms with E-state index < -0.39 is 0 Å². The highest BCUT2D eigenvalue weighted by Gasteiger charge is 2.15. The fourth-order valence-electron chi connectivity index (χ4n) is 1.56. The average Bonchev–Trinajstić information content (AvgIpc) is 2.38. The number of hydrogen-bond donors (Lipinski definition) is 1. The third-order valence-corrected chi connectivity index (χ3v) is 2.46. The van der Waals surface area contributed by atoms with Crippen LogP contribution in [0.2, 0.25) is 0 Å². The van der Waals surface area contributed by atoms with Crippen LogP contribution in [-0.4, -0.2) is 18.2 Å². The van der Waals surface area contributed by atoms with Crippen LogP contribution in [0.3, 0.4) is 0 Å². The van der Waals surface area contributed by atoms with Crippen LogP contribution in [0.1, 0.15) is 12.0 Å². The zero-order chi connectivity index (χ0) is 11.2. The van der Waals surface area contributed by atoms with Gasteiger partial charge in [0.05, 0.1) is 0 Å². The summed E-state index contributed by atoms with van der Waals surface area (Å²) in [5.41, 5.74) is 1.10. The molecular weight excluding hydrogens is 200 g/mol. The van der Waals surface area contributed by atoms with Gasteiger partial charge in [-0.1, -0.05) is 36.4 Å². The van der Waals surface area contributed by atoms with Crippen molar-refractivity contribution >= 4 is 12.1 Å². The van der Waals surface area contributed by atoms with Gasteiger partial charge in [0.2, 0.25) is 5.91 Å². The highest BCUT2D eigenvalue weighted by molar-refractivity contribution is 5.86. The fourth-order valence-corrected chi connectivity index (χ4v) is 1.56. The molecule has 0 aliphatic carbocycles. The smallest absolute Gasteiger partial charge is 0.245 e. The summed E-state index contributed by atoms with van der Waals surface area (Å²) in [7, 11) is 0. The Labute approximate surface area is 94.9 Å². The molecular formula is C13H14N2O. The Kier molecular flexibility index (Phi) is 3.49. The van der Waals surface area contributed by atoms with E-state index in [-0.39, 0.29) is 11.9 Å². The van der Waals surface area contributed by atoms with E-state index in [0.29, 0.717) is 13.0 Å². The van der Waals surface area contributed by atoms with Gasteiger partial charge in [0.15, 0.2) is 0 Å². The minimum Gasteiger partial charge on any atom is -0.350 e. The minimum absolute atomic E-state index is 0.00977.